The molecule has 2 N–H and O–H groups in total. The van der Waals surface area contributed by atoms with Crippen LogP contribution < -0.4 is 10.6 Å². The fourth-order valence-electron chi connectivity index (χ4n) is 5.33. The number of hydrogen-bond donors (Lipinski definition) is 2. The van der Waals surface area contributed by atoms with Crippen LogP contribution in [0.2, 0.25) is 0 Å². The quantitative estimate of drug-likeness (QED) is 0.720. The molecule has 1 aliphatic carbocycles. The first kappa shape index (κ1) is 22.0. The van der Waals surface area contributed by atoms with Crippen molar-refractivity contribution in [2.24, 2.45) is 5.92 Å². The van der Waals surface area contributed by atoms with E-state index >= 15 is 4.39 Å². The zero-order valence-corrected chi connectivity index (χ0v) is 18.7. The summed E-state index contributed by atoms with van der Waals surface area (Å²) in [6, 6.07) is 3.85. The molecule has 1 saturated carbocycles. The van der Waals surface area contributed by atoms with Crippen molar-refractivity contribution in [2.45, 2.75) is 89.9 Å². The van der Waals surface area contributed by atoms with Crippen LogP contribution >= 0.6 is 0 Å². The van der Waals surface area contributed by atoms with E-state index in [0.717, 1.165) is 19.3 Å². The van der Waals surface area contributed by atoms with Gasteiger partial charge in [-0.1, -0.05) is 32.4 Å². The second kappa shape index (κ2) is 9.11. The number of carbonyl (C=O) groups excluding carboxylic acids is 2. The monoisotopic (exact) mass is 427 g/mol. The number of nitrogens with one attached hydrogen (secondary N) is 2. The van der Waals surface area contributed by atoms with Crippen LogP contribution in [0, 0.1) is 11.7 Å². The molecule has 0 radical (unpaired) electrons. The van der Waals surface area contributed by atoms with Crippen LogP contribution in [0.4, 0.5) is 4.39 Å². The van der Waals surface area contributed by atoms with Crippen molar-refractivity contribution in [2.75, 3.05) is 0 Å². The molecule has 2 aliphatic heterocycles. The number of hydrogen-bond acceptors (Lipinski definition) is 3. The number of halogens is 1. The molecule has 1 aromatic carbocycles. The highest BCUT2D eigenvalue weighted by molar-refractivity contribution is 6.01. The van der Waals surface area contributed by atoms with E-state index in [1.54, 1.807) is 12.1 Å². The van der Waals surface area contributed by atoms with Crippen LogP contribution in [0.25, 0.3) is 0 Å². The van der Waals surface area contributed by atoms with E-state index in [1.165, 1.54) is 17.7 Å². The van der Waals surface area contributed by atoms with E-state index in [-0.39, 0.29) is 24.2 Å². The Morgan fingerprint density at radius 2 is 2.03 bits per heavy atom. The number of benzene rings is 1. The molecular weight excluding hydrogens is 393 g/mol. The fraction of sp³-hybridized carbons (Fsp3) is 0.600. The van der Waals surface area contributed by atoms with Crippen molar-refractivity contribution in [3.05, 3.63) is 46.9 Å². The van der Waals surface area contributed by atoms with Crippen molar-refractivity contribution >= 4 is 11.8 Å². The van der Waals surface area contributed by atoms with E-state index in [9.17, 15) is 9.59 Å². The van der Waals surface area contributed by atoms with Crippen molar-refractivity contribution in [3.63, 3.8) is 0 Å². The minimum atomic E-state index is -0.560. The van der Waals surface area contributed by atoms with Gasteiger partial charge in [0.05, 0.1) is 6.54 Å². The van der Waals surface area contributed by atoms with Gasteiger partial charge in [-0.05, 0) is 63.0 Å². The van der Waals surface area contributed by atoms with Gasteiger partial charge < -0.3 is 15.5 Å². The Hall–Kier alpha value is -2.21. The van der Waals surface area contributed by atoms with Crippen molar-refractivity contribution in [1.29, 1.82) is 0 Å². The van der Waals surface area contributed by atoms with Crippen molar-refractivity contribution < 1.29 is 14.0 Å². The normalized spacial score (nSPS) is 27.3. The molecule has 0 spiro atoms. The summed E-state index contributed by atoms with van der Waals surface area (Å²) in [7, 11) is 0. The molecule has 3 aliphatic rings. The lowest BCUT2D eigenvalue weighted by atomic mass is 9.80. The topological polar surface area (TPSA) is 61.4 Å². The van der Waals surface area contributed by atoms with Gasteiger partial charge in [0, 0.05) is 28.9 Å². The molecular formula is C25H34FN3O2. The van der Waals surface area contributed by atoms with Gasteiger partial charge in [0.1, 0.15) is 11.9 Å². The van der Waals surface area contributed by atoms with Gasteiger partial charge in [0.25, 0.3) is 5.91 Å². The fourth-order valence-corrected chi connectivity index (χ4v) is 5.33. The molecule has 2 heterocycles. The lowest BCUT2D eigenvalue weighted by Gasteiger charge is -2.34. The second-order valence-corrected chi connectivity index (χ2v) is 9.48. The van der Waals surface area contributed by atoms with Gasteiger partial charge in [-0.25, -0.2) is 4.39 Å². The molecule has 5 nitrogen and oxygen atoms in total. The lowest BCUT2D eigenvalue weighted by molar-refractivity contribution is -0.126. The van der Waals surface area contributed by atoms with E-state index < -0.39 is 6.04 Å². The molecule has 168 valence electrons. The predicted molar refractivity (Wildman–Crippen MR) is 119 cm³/mol. The minimum absolute atomic E-state index is 0.164. The number of fused-ring (bicyclic) bond motifs is 1. The van der Waals surface area contributed by atoms with Crippen LogP contribution in [0.1, 0.15) is 80.3 Å². The number of piperidine rings is 1. The zero-order chi connectivity index (χ0) is 22.1. The lowest BCUT2D eigenvalue weighted by Crippen LogP contribution is -2.49. The summed E-state index contributed by atoms with van der Waals surface area (Å²) >= 11 is 0. The Bertz CT molecular complexity index is 884. The molecule has 2 unspecified atom stereocenters. The molecule has 0 bridgehead atoms. The molecule has 6 heteroatoms. The molecule has 4 atom stereocenters. The Labute approximate surface area is 184 Å². The molecule has 1 saturated heterocycles. The van der Waals surface area contributed by atoms with Gasteiger partial charge >= 0.3 is 0 Å². The molecule has 4 rings (SSSR count). The molecule has 1 aromatic rings. The summed E-state index contributed by atoms with van der Waals surface area (Å²) in [6.45, 7) is 8.35. The van der Waals surface area contributed by atoms with E-state index in [4.69, 9.17) is 0 Å². The molecule has 0 aromatic heterocycles. The van der Waals surface area contributed by atoms with E-state index in [1.807, 2.05) is 0 Å². The SMILES string of the molecule is C=C1CCC(N2Cc3c(ccc(C[C@H]4CCCC[C@@H]4NC(C)CC)c3F)C2=O)C(=O)N1. The summed E-state index contributed by atoms with van der Waals surface area (Å²) in [6.07, 6.45) is 7.57. The highest BCUT2D eigenvalue weighted by Gasteiger charge is 2.40. The Morgan fingerprint density at radius 1 is 1.26 bits per heavy atom. The van der Waals surface area contributed by atoms with Gasteiger partial charge in [0.2, 0.25) is 5.91 Å². The number of carbonyl (C=O) groups is 2. The van der Waals surface area contributed by atoms with Crippen LogP contribution in [-0.2, 0) is 17.8 Å². The molecule has 31 heavy (non-hydrogen) atoms. The Morgan fingerprint density at radius 3 is 2.77 bits per heavy atom. The standard InChI is InChI=1S/C25H34FN3O2/c1-4-15(2)27-21-8-6-5-7-17(21)13-18-10-11-19-20(23(18)26)14-29(25(19)31)22-12-9-16(3)28-24(22)30/h10-11,15,17,21-22,27H,3-9,12-14H2,1-2H3,(H,28,30)/t15?,17-,21+,22?/m1/s1. The maximum Gasteiger partial charge on any atom is 0.255 e. The zero-order valence-electron chi connectivity index (χ0n) is 18.7. The average Bonchev–Trinajstić information content (AvgIpc) is 3.08. The number of allylic oxidation sites excluding steroid dienone is 1. The van der Waals surface area contributed by atoms with E-state index in [0.29, 0.717) is 59.7 Å². The number of nitrogens with zero attached hydrogens (tertiary/aromatic N) is 1. The first-order chi connectivity index (χ1) is 14.9. The third-order valence-electron chi connectivity index (χ3n) is 7.34. The van der Waals surface area contributed by atoms with Gasteiger partial charge in [-0.2, -0.15) is 0 Å². The van der Waals surface area contributed by atoms with Crippen molar-refractivity contribution in [1.82, 2.24) is 15.5 Å². The minimum Gasteiger partial charge on any atom is -0.329 e. The highest BCUT2D eigenvalue weighted by Crippen LogP contribution is 2.34. The summed E-state index contributed by atoms with van der Waals surface area (Å²) in [5.74, 6) is -0.332. The summed E-state index contributed by atoms with van der Waals surface area (Å²) in [5.41, 5.74) is 2.21. The largest absolute Gasteiger partial charge is 0.329 e. The summed E-state index contributed by atoms with van der Waals surface area (Å²) in [5, 5.41) is 6.47. The maximum absolute atomic E-state index is 15.5. The van der Waals surface area contributed by atoms with Gasteiger partial charge in [0.15, 0.2) is 0 Å². The Balaban J connectivity index is 1.51. The number of rotatable bonds is 6. The van der Waals surface area contributed by atoms with Crippen LogP contribution in [-0.4, -0.2) is 34.8 Å². The first-order valence-corrected chi connectivity index (χ1v) is 11.7. The predicted octanol–water partition coefficient (Wildman–Crippen LogP) is 4.06. The van der Waals surface area contributed by atoms with Crippen LogP contribution in [0.3, 0.4) is 0 Å². The molecule has 2 amide bonds. The highest BCUT2D eigenvalue weighted by atomic mass is 19.1. The van der Waals surface area contributed by atoms with Gasteiger partial charge in [-0.3, -0.25) is 9.59 Å². The molecule has 2 fully saturated rings. The maximum atomic E-state index is 15.5. The summed E-state index contributed by atoms with van der Waals surface area (Å²) < 4.78 is 15.5. The Kier molecular flexibility index (Phi) is 6.47. The third kappa shape index (κ3) is 4.40. The first-order valence-electron chi connectivity index (χ1n) is 11.7. The van der Waals surface area contributed by atoms with Crippen LogP contribution in [0.5, 0.6) is 0 Å². The second-order valence-electron chi connectivity index (χ2n) is 9.48. The van der Waals surface area contributed by atoms with Crippen molar-refractivity contribution in [3.8, 4) is 0 Å². The smallest absolute Gasteiger partial charge is 0.255 e. The van der Waals surface area contributed by atoms with Crippen LogP contribution in [0.15, 0.2) is 24.4 Å². The third-order valence-corrected chi connectivity index (χ3v) is 7.34. The van der Waals surface area contributed by atoms with Gasteiger partial charge in [-0.15, -0.1) is 0 Å². The number of amides is 2. The van der Waals surface area contributed by atoms with E-state index in [2.05, 4.69) is 31.1 Å². The summed E-state index contributed by atoms with van der Waals surface area (Å²) in [4.78, 5) is 26.8. The average molecular weight is 428 g/mol.